The van der Waals surface area contributed by atoms with Crippen LogP contribution in [0, 0.1) is 0 Å². The summed E-state index contributed by atoms with van der Waals surface area (Å²) in [6, 6.07) is 8.25. The molecule has 0 saturated carbocycles. The average molecular weight is 219 g/mol. The quantitative estimate of drug-likeness (QED) is 0.451. The molecule has 88 valence electrons. The monoisotopic (exact) mass is 219 g/mol. The first kappa shape index (κ1) is 12.7. The number of benzene rings is 1. The summed E-state index contributed by atoms with van der Waals surface area (Å²) in [6.07, 6.45) is 0.880. The van der Waals surface area contributed by atoms with Crippen LogP contribution < -0.4 is 11.5 Å². The number of amidine groups is 1. The SMILES string of the molecule is CC(C)c1ccc(C(N)=NCCCN)cc1. The lowest BCUT2D eigenvalue weighted by atomic mass is 10.0. The summed E-state index contributed by atoms with van der Waals surface area (Å²) in [5.41, 5.74) is 13.6. The van der Waals surface area contributed by atoms with Crippen molar-refractivity contribution in [3.63, 3.8) is 0 Å². The van der Waals surface area contributed by atoms with Crippen LogP contribution in [0.5, 0.6) is 0 Å². The number of nitrogens with zero attached hydrogens (tertiary/aromatic N) is 1. The lowest BCUT2D eigenvalue weighted by Crippen LogP contribution is -2.14. The van der Waals surface area contributed by atoms with Crippen LogP contribution in [0.2, 0.25) is 0 Å². The molecule has 0 atom stereocenters. The molecule has 1 aromatic rings. The van der Waals surface area contributed by atoms with E-state index in [1.54, 1.807) is 0 Å². The van der Waals surface area contributed by atoms with Crippen LogP contribution >= 0.6 is 0 Å². The lowest BCUT2D eigenvalue weighted by molar-refractivity contribution is 0.844. The Morgan fingerprint density at radius 3 is 2.38 bits per heavy atom. The molecular formula is C13H21N3. The van der Waals surface area contributed by atoms with Gasteiger partial charge in [-0.3, -0.25) is 4.99 Å². The second-order valence-electron chi connectivity index (χ2n) is 4.19. The maximum Gasteiger partial charge on any atom is 0.125 e. The van der Waals surface area contributed by atoms with Gasteiger partial charge in [0.2, 0.25) is 0 Å². The van der Waals surface area contributed by atoms with E-state index >= 15 is 0 Å². The molecule has 0 aromatic heterocycles. The standard InChI is InChI=1S/C13H21N3/c1-10(2)11-4-6-12(7-5-11)13(15)16-9-3-8-14/h4-7,10H,3,8-9,14H2,1-2H3,(H2,15,16). The van der Waals surface area contributed by atoms with Crippen LogP contribution in [0.3, 0.4) is 0 Å². The first-order chi connectivity index (χ1) is 7.65. The van der Waals surface area contributed by atoms with Crippen LogP contribution in [0.4, 0.5) is 0 Å². The van der Waals surface area contributed by atoms with Crippen molar-refractivity contribution < 1.29 is 0 Å². The van der Waals surface area contributed by atoms with Crippen molar-refractivity contribution in [2.45, 2.75) is 26.2 Å². The summed E-state index contributed by atoms with van der Waals surface area (Å²) < 4.78 is 0. The second-order valence-corrected chi connectivity index (χ2v) is 4.19. The Kier molecular flexibility index (Phi) is 4.99. The molecule has 1 aromatic carbocycles. The fourth-order valence-electron chi connectivity index (χ4n) is 1.42. The highest BCUT2D eigenvalue weighted by Gasteiger charge is 2.01. The van der Waals surface area contributed by atoms with Crippen LogP contribution in [0.15, 0.2) is 29.3 Å². The predicted molar refractivity (Wildman–Crippen MR) is 69.8 cm³/mol. The summed E-state index contributed by atoms with van der Waals surface area (Å²) in [4.78, 5) is 4.27. The van der Waals surface area contributed by atoms with Crippen molar-refractivity contribution in [3.8, 4) is 0 Å². The van der Waals surface area contributed by atoms with E-state index in [1.807, 2.05) is 12.1 Å². The summed E-state index contributed by atoms with van der Waals surface area (Å²) in [7, 11) is 0. The Morgan fingerprint density at radius 2 is 1.88 bits per heavy atom. The molecule has 0 fully saturated rings. The first-order valence-corrected chi connectivity index (χ1v) is 5.75. The Hall–Kier alpha value is -1.35. The molecule has 0 saturated heterocycles. The summed E-state index contributed by atoms with van der Waals surface area (Å²) in [5, 5.41) is 0. The predicted octanol–water partition coefficient (Wildman–Crippen LogP) is 1.86. The van der Waals surface area contributed by atoms with Crippen molar-refractivity contribution in [1.29, 1.82) is 0 Å². The molecule has 1 rings (SSSR count). The van der Waals surface area contributed by atoms with E-state index in [1.165, 1.54) is 5.56 Å². The molecule has 0 bridgehead atoms. The highest BCUT2D eigenvalue weighted by atomic mass is 14.8. The van der Waals surface area contributed by atoms with Crippen LogP contribution in [-0.4, -0.2) is 18.9 Å². The fraction of sp³-hybridized carbons (Fsp3) is 0.462. The number of nitrogens with two attached hydrogens (primary N) is 2. The van der Waals surface area contributed by atoms with E-state index in [2.05, 4.69) is 31.0 Å². The van der Waals surface area contributed by atoms with Gasteiger partial charge in [-0.2, -0.15) is 0 Å². The maximum absolute atomic E-state index is 5.87. The molecule has 16 heavy (non-hydrogen) atoms. The van der Waals surface area contributed by atoms with Gasteiger partial charge in [0, 0.05) is 12.1 Å². The Bertz CT molecular complexity index is 339. The molecule has 0 amide bonds. The van der Waals surface area contributed by atoms with Gasteiger partial charge in [0.05, 0.1) is 0 Å². The van der Waals surface area contributed by atoms with E-state index < -0.39 is 0 Å². The molecule has 0 heterocycles. The normalized spacial score (nSPS) is 12.1. The molecule has 0 aliphatic rings. The number of hydrogen-bond donors (Lipinski definition) is 2. The largest absolute Gasteiger partial charge is 0.384 e. The van der Waals surface area contributed by atoms with Crippen LogP contribution in [-0.2, 0) is 0 Å². The van der Waals surface area contributed by atoms with Gasteiger partial charge in [0.15, 0.2) is 0 Å². The van der Waals surface area contributed by atoms with Crippen molar-refractivity contribution in [2.24, 2.45) is 16.5 Å². The van der Waals surface area contributed by atoms with Crippen molar-refractivity contribution in [3.05, 3.63) is 35.4 Å². The Morgan fingerprint density at radius 1 is 1.25 bits per heavy atom. The maximum atomic E-state index is 5.87. The minimum Gasteiger partial charge on any atom is -0.384 e. The third kappa shape index (κ3) is 3.66. The molecule has 0 aliphatic carbocycles. The minimum atomic E-state index is 0.546. The van der Waals surface area contributed by atoms with Crippen molar-refractivity contribution >= 4 is 5.84 Å². The van der Waals surface area contributed by atoms with Gasteiger partial charge in [-0.1, -0.05) is 38.1 Å². The molecule has 0 unspecified atom stereocenters. The smallest absolute Gasteiger partial charge is 0.125 e. The molecule has 0 radical (unpaired) electrons. The topological polar surface area (TPSA) is 64.4 Å². The highest BCUT2D eigenvalue weighted by Crippen LogP contribution is 2.14. The fourth-order valence-corrected chi connectivity index (χ4v) is 1.42. The minimum absolute atomic E-state index is 0.546. The van der Waals surface area contributed by atoms with Gasteiger partial charge in [-0.15, -0.1) is 0 Å². The van der Waals surface area contributed by atoms with Gasteiger partial charge in [-0.05, 0) is 24.4 Å². The van der Waals surface area contributed by atoms with E-state index in [0.717, 1.165) is 12.0 Å². The van der Waals surface area contributed by atoms with Crippen LogP contribution in [0.25, 0.3) is 0 Å². The average Bonchev–Trinajstić information content (AvgIpc) is 2.29. The van der Waals surface area contributed by atoms with Crippen LogP contribution in [0.1, 0.15) is 37.3 Å². The van der Waals surface area contributed by atoms with E-state index in [4.69, 9.17) is 11.5 Å². The zero-order valence-corrected chi connectivity index (χ0v) is 10.1. The molecule has 3 heteroatoms. The molecule has 3 nitrogen and oxygen atoms in total. The van der Waals surface area contributed by atoms with Gasteiger partial charge in [0.25, 0.3) is 0 Å². The molecule has 4 N–H and O–H groups in total. The number of hydrogen-bond acceptors (Lipinski definition) is 2. The highest BCUT2D eigenvalue weighted by molar-refractivity contribution is 5.97. The zero-order valence-electron chi connectivity index (χ0n) is 10.1. The zero-order chi connectivity index (χ0) is 12.0. The lowest BCUT2D eigenvalue weighted by Gasteiger charge is -2.06. The summed E-state index contributed by atoms with van der Waals surface area (Å²) in [5.74, 6) is 1.15. The number of aliphatic imine (C=N–C) groups is 1. The number of rotatable bonds is 5. The van der Waals surface area contributed by atoms with Gasteiger partial charge >= 0.3 is 0 Å². The summed E-state index contributed by atoms with van der Waals surface area (Å²) >= 11 is 0. The third-order valence-electron chi connectivity index (χ3n) is 2.52. The van der Waals surface area contributed by atoms with Crippen molar-refractivity contribution in [2.75, 3.05) is 13.1 Å². The molecular weight excluding hydrogens is 198 g/mol. The summed E-state index contributed by atoms with van der Waals surface area (Å²) in [6.45, 7) is 5.71. The van der Waals surface area contributed by atoms with Gasteiger partial charge < -0.3 is 11.5 Å². The first-order valence-electron chi connectivity index (χ1n) is 5.75. The van der Waals surface area contributed by atoms with Gasteiger partial charge in [0.1, 0.15) is 5.84 Å². The van der Waals surface area contributed by atoms with Gasteiger partial charge in [-0.25, -0.2) is 0 Å². The third-order valence-corrected chi connectivity index (χ3v) is 2.52. The molecule has 0 spiro atoms. The Balaban J connectivity index is 2.69. The van der Waals surface area contributed by atoms with E-state index in [9.17, 15) is 0 Å². The molecule has 0 aliphatic heterocycles. The van der Waals surface area contributed by atoms with Crippen molar-refractivity contribution in [1.82, 2.24) is 0 Å². The Labute approximate surface area is 97.6 Å². The van der Waals surface area contributed by atoms with E-state index in [0.29, 0.717) is 24.8 Å². The van der Waals surface area contributed by atoms with E-state index in [-0.39, 0.29) is 0 Å². The second kappa shape index (κ2) is 6.28.